The van der Waals surface area contributed by atoms with Gasteiger partial charge in [-0.15, -0.1) is 11.8 Å². The highest BCUT2D eigenvalue weighted by atomic mass is 32.2. The maximum absolute atomic E-state index is 12.8. The number of hydrogen-bond donors (Lipinski definition) is 3. The monoisotopic (exact) mass is 394 g/mol. The van der Waals surface area contributed by atoms with Crippen molar-refractivity contribution in [3.63, 3.8) is 0 Å². The minimum absolute atomic E-state index is 0.00181. The summed E-state index contributed by atoms with van der Waals surface area (Å²) in [6, 6.07) is 11.9. The standard InChI is InChI=1S/C16H15FN4O3S2/c17-12-3-1-11(2-4-12)9-18-16(25)20-19-15(22)10-26-14-7-5-13(6-8-14)21(23)24/h1-8H,9-10H2,(H,19,22)(H2,18,20,25). The number of benzene rings is 2. The zero-order valence-electron chi connectivity index (χ0n) is 13.4. The molecule has 0 heterocycles. The second kappa shape index (κ2) is 9.68. The number of hydrogen-bond acceptors (Lipinski definition) is 5. The molecule has 0 spiro atoms. The van der Waals surface area contributed by atoms with E-state index in [1.165, 1.54) is 36.0 Å². The zero-order chi connectivity index (χ0) is 18.9. The van der Waals surface area contributed by atoms with Gasteiger partial charge in [0, 0.05) is 23.6 Å². The van der Waals surface area contributed by atoms with E-state index in [-0.39, 0.29) is 28.3 Å². The predicted octanol–water partition coefficient (Wildman–Crippen LogP) is 2.52. The number of nitro benzene ring substituents is 1. The Morgan fingerprint density at radius 2 is 1.77 bits per heavy atom. The molecule has 0 aromatic heterocycles. The third-order valence-electron chi connectivity index (χ3n) is 3.10. The lowest BCUT2D eigenvalue weighted by atomic mass is 10.2. The first-order chi connectivity index (χ1) is 12.4. The molecule has 0 bridgehead atoms. The van der Waals surface area contributed by atoms with Gasteiger partial charge in [-0.05, 0) is 42.0 Å². The van der Waals surface area contributed by atoms with Crippen molar-refractivity contribution >= 4 is 40.7 Å². The Bertz CT molecular complexity index is 785. The van der Waals surface area contributed by atoms with Gasteiger partial charge in [-0.2, -0.15) is 0 Å². The van der Waals surface area contributed by atoms with Crippen molar-refractivity contribution in [3.05, 3.63) is 70.0 Å². The summed E-state index contributed by atoms with van der Waals surface area (Å²) >= 11 is 6.27. The Hall–Kier alpha value is -2.72. The summed E-state index contributed by atoms with van der Waals surface area (Å²) in [7, 11) is 0. The zero-order valence-corrected chi connectivity index (χ0v) is 15.0. The van der Waals surface area contributed by atoms with E-state index in [1.807, 2.05) is 0 Å². The van der Waals surface area contributed by atoms with Crippen LogP contribution >= 0.6 is 24.0 Å². The quantitative estimate of drug-likeness (QED) is 0.300. The van der Waals surface area contributed by atoms with Gasteiger partial charge in [-0.3, -0.25) is 25.8 Å². The third kappa shape index (κ3) is 6.65. The van der Waals surface area contributed by atoms with Crippen LogP contribution in [0.4, 0.5) is 10.1 Å². The maximum atomic E-state index is 12.8. The number of halogens is 1. The molecular formula is C16H15FN4O3S2. The lowest BCUT2D eigenvalue weighted by molar-refractivity contribution is -0.384. The molecule has 0 atom stereocenters. The highest BCUT2D eigenvalue weighted by Gasteiger charge is 2.07. The fourth-order valence-corrected chi connectivity index (χ4v) is 2.63. The van der Waals surface area contributed by atoms with Crippen molar-refractivity contribution in [2.24, 2.45) is 0 Å². The molecule has 0 aliphatic carbocycles. The topological polar surface area (TPSA) is 96.3 Å². The average molecular weight is 394 g/mol. The molecule has 0 saturated heterocycles. The van der Waals surface area contributed by atoms with E-state index in [9.17, 15) is 19.3 Å². The number of thioether (sulfide) groups is 1. The summed E-state index contributed by atoms with van der Waals surface area (Å²) in [4.78, 5) is 22.6. The predicted molar refractivity (Wildman–Crippen MR) is 101 cm³/mol. The Balaban J connectivity index is 1.66. The fraction of sp³-hybridized carbons (Fsp3) is 0.125. The van der Waals surface area contributed by atoms with Gasteiger partial charge in [-0.1, -0.05) is 12.1 Å². The van der Waals surface area contributed by atoms with Gasteiger partial charge >= 0.3 is 0 Å². The van der Waals surface area contributed by atoms with Crippen LogP contribution in [0.25, 0.3) is 0 Å². The van der Waals surface area contributed by atoms with E-state index >= 15 is 0 Å². The van der Waals surface area contributed by atoms with Crippen LogP contribution in [0.15, 0.2) is 53.4 Å². The van der Waals surface area contributed by atoms with E-state index in [4.69, 9.17) is 12.2 Å². The largest absolute Gasteiger partial charge is 0.357 e. The van der Waals surface area contributed by atoms with Gasteiger partial charge in [0.25, 0.3) is 5.69 Å². The normalized spacial score (nSPS) is 10.0. The lowest BCUT2D eigenvalue weighted by Crippen LogP contribution is -2.47. The molecule has 0 fully saturated rings. The van der Waals surface area contributed by atoms with Crippen LogP contribution in [-0.4, -0.2) is 21.7 Å². The van der Waals surface area contributed by atoms with Crippen molar-refractivity contribution < 1.29 is 14.1 Å². The van der Waals surface area contributed by atoms with Crippen molar-refractivity contribution in [1.82, 2.24) is 16.2 Å². The van der Waals surface area contributed by atoms with Crippen LogP contribution in [0.1, 0.15) is 5.56 Å². The highest BCUT2D eigenvalue weighted by Crippen LogP contribution is 2.20. The number of thiocarbonyl (C=S) groups is 1. The number of amides is 1. The van der Waals surface area contributed by atoms with E-state index < -0.39 is 4.92 Å². The van der Waals surface area contributed by atoms with Gasteiger partial charge < -0.3 is 5.32 Å². The summed E-state index contributed by atoms with van der Waals surface area (Å²) in [6.07, 6.45) is 0. The highest BCUT2D eigenvalue weighted by molar-refractivity contribution is 8.00. The summed E-state index contributed by atoms with van der Waals surface area (Å²) in [5.74, 6) is -0.503. The minimum atomic E-state index is -0.481. The van der Waals surface area contributed by atoms with Crippen LogP contribution in [0.3, 0.4) is 0 Å². The lowest BCUT2D eigenvalue weighted by Gasteiger charge is -2.11. The Morgan fingerprint density at radius 3 is 2.38 bits per heavy atom. The van der Waals surface area contributed by atoms with Gasteiger partial charge in [0.2, 0.25) is 5.91 Å². The molecule has 3 N–H and O–H groups in total. The van der Waals surface area contributed by atoms with Crippen molar-refractivity contribution in [2.45, 2.75) is 11.4 Å². The number of nitro groups is 1. The number of nitrogens with one attached hydrogen (secondary N) is 3. The van der Waals surface area contributed by atoms with E-state index in [0.717, 1.165) is 10.5 Å². The van der Waals surface area contributed by atoms with E-state index in [1.54, 1.807) is 24.3 Å². The molecule has 136 valence electrons. The van der Waals surface area contributed by atoms with E-state index in [2.05, 4.69) is 16.2 Å². The van der Waals surface area contributed by atoms with Crippen molar-refractivity contribution in [2.75, 3.05) is 5.75 Å². The van der Waals surface area contributed by atoms with Crippen LogP contribution in [0, 0.1) is 15.9 Å². The molecule has 10 heteroatoms. The molecule has 0 aliphatic heterocycles. The molecule has 0 aliphatic rings. The van der Waals surface area contributed by atoms with Crippen LogP contribution in [-0.2, 0) is 11.3 Å². The SMILES string of the molecule is O=C(CSc1ccc([N+](=O)[O-])cc1)NNC(=S)NCc1ccc(F)cc1. The van der Waals surface area contributed by atoms with Crippen molar-refractivity contribution in [3.8, 4) is 0 Å². The number of hydrazine groups is 1. The molecule has 2 rings (SSSR count). The van der Waals surface area contributed by atoms with Gasteiger partial charge in [0.1, 0.15) is 5.82 Å². The molecule has 7 nitrogen and oxygen atoms in total. The first kappa shape index (κ1) is 19.6. The number of carbonyl (C=O) groups is 1. The van der Waals surface area contributed by atoms with Gasteiger partial charge in [0.15, 0.2) is 5.11 Å². The third-order valence-corrected chi connectivity index (χ3v) is 4.36. The fourth-order valence-electron chi connectivity index (χ4n) is 1.80. The average Bonchev–Trinajstić information content (AvgIpc) is 2.64. The molecule has 2 aromatic carbocycles. The van der Waals surface area contributed by atoms with Crippen LogP contribution in [0.2, 0.25) is 0 Å². The van der Waals surface area contributed by atoms with Crippen LogP contribution in [0.5, 0.6) is 0 Å². The Kier molecular flexibility index (Phi) is 7.30. The second-order valence-electron chi connectivity index (χ2n) is 5.02. The maximum Gasteiger partial charge on any atom is 0.269 e. The number of non-ortho nitro benzene ring substituents is 1. The summed E-state index contributed by atoms with van der Waals surface area (Å²) < 4.78 is 12.8. The summed E-state index contributed by atoms with van der Waals surface area (Å²) in [5, 5.41) is 13.7. The number of rotatable bonds is 6. The Morgan fingerprint density at radius 1 is 1.12 bits per heavy atom. The van der Waals surface area contributed by atoms with Gasteiger partial charge in [0.05, 0.1) is 10.7 Å². The first-order valence-corrected chi connectivity index (χ1v) is 8.78. The smallest absolute Gasteiger partial charge is 0.269 e. The minimum Gasteiger partial charge on any atom is -0.357 e. The molecule has 0 saturated carbocycles. The second-order valence-corrected chi connectivity index (χ2v) is 6.48. The molecule has 0 unspecified atom stereocenters. The number of carbonyl (C=O) groups excluding carboxylic acids is 1. The van der Waals surface area contributed by atoms with E-state index in [0.29, 0.717) is 6.54 Å². The molecule has 2 aromatic rings. The molecular weight excluding hydrogens is 379 g/mol. The Labute approximate surface area is 158 Å². The summed E-state index contributed by atoms with van der Waals surface area (Å²) in [5.41, 5.74) is 5.86. The van der Waals surface area contributed by atoms with Crippen LogP contribution < -0.4 is 16.2 Å². The van der Waals surface area contributed by atoms with Crippen molar-refractivity contribution in [1.29, 1.82) is 0 Å². The van der Waals surface area contributed by atoms with Gasteiger partial charge in [-0.25, -0.2) is 4.39 Å². The molecule has 26 heavy (non-hydrogen) atoms. The number of nitrogens with zero attached hydrogens (tertiary/aromatic N) is 1. The molecule has 0 radical (unpaired) electrons. The first-order valence-electron chi connectivity index (χ1n) is 7.38. The molecule has 1 amide bonds. The summed E-state index contributed by atoms with van der Waals surface area (Å²) in [6.45, 7) is 0.388.